The van der Waals surface area contributed by atoms with Crippen molar-refractivity contribution in [2.75, 3.05) is 12.4 Å². The lowest BCUT2D eigenvalue weighted by Gasteiger charge is -2.34. The Morgan fingerprint density at radius 1 is 1.35 bits per heavy atom. The first kappa shape index (κ1) is 14.0. The number of benzene rings is 1. The molecule has 2 unspecified atom stereocenters. The van der Waals surface area contributed by atoms with Crippen molar-refractivity contribution < 1.29 is 9.53 Å². The van der Waals surface area contributed by atoms with Crippen LogP contribution in [-0.4, -0.2) is 27.7 Å². The van der Waals surface area contributed by atoms with E-state index in [1.807, 2.05) is 24.3 Å². The molecule has 2 atom stereocenters. The van der Waals surface area contributed by atoms with Gasteiger partial charge in [0.15, 0.2) is 5.78 Å². The average Bonchev–Trinajstić information content (AvgIpc) is 3.00. The highest BCUT2D eigenvalue weighted by Crippen LogP contribution is 2.41. The molecule has 118 valence electrons. The molecule has 1 aliphatic carbocycles. The third kappa shape index (κ3) is 2.21. The van der Waals surface area contributed by atoms with Crippen LogP contribution in [0.5, 0.6) is 5.75 Å². The average molecular weight is 310 g/mol. The molecule has 6 heteroatoms. The number of aromatic nitrogens is 3. The van der Waals surface area contributed by atoms with E-state index in [1.54, 1.807) is 11.8 Å². The Balaban J connectivity index is 1.89. The minimum atomic E-state index is -0.251. The van der Waals surface area contributed by atoms with Crippen LogP contribution in [0, 0.1) is 5.92 Å². The number of nitrogens with zero attached hydrogens (tertiary/aromatic N) is 3. The van der Waals surface area contributed by atoms with E-state index in [0.717, 1.165) is 29.0 Å². The predicted molar refractivity (Wildman–Crippen MR) is 85.2 cm³/mol. The third-order valence-corrected chi connectivity index (χ3v) is 4.48. The number of ether oxygens (including phenoxy) is 1. The molecule has 4 rings (SSSR count). The summed E-state index contributed by atoms with van der Waals surface area (Å²) in [6, 6.07) is 7.53. The van der Waals surface area contributed by atoms with Gasteiger partial charge in [-0.05, 0) is 30.0 Å². The fraction of sp³-hybridized carbons (Fsp3) is 0.353. The van der Waals surface area contributed by atoms with Crippen molar-refractivity contribution in [3.63, 3.8) is 0 Å². The van der Waals surface area contributed by atoms with Crippen LogP contribution in [0.2, 0.25) is 0 Å². The molecule has 0 saturated carbocycles. The Labute approximate surface area is 134 Å². The van der Waals surface area contributed by atoms with E-state index < -0.39 is 0 Å². The summed E-state index contributed by atoms with van der Waals surface area (Å²) in [5.41, 5.74) is 2.75. The van der Waals surface area contributed by atoms with Crippen molar-refractivity contribution in [3.05, 3.63) is 47.4 Å². The van der Waals surface area contributed by atoms with Gasteiger partial charge in [-0.15, -0.1) is 0 Å². The molecule has 23 heavy (non-hydrogen) atoms. The molecular weight excluding hydrogens is 292 g/mol. The lowest BCUT2D eigenvalue weighted by molar-refractivity contribution is -0.117. The maximum Gasteiger partial charge on any atom is 0.226 e. The van der Waals surface area contributed by atoms with Crippen molar-refractivity contribution in [2.24, 2.45) is 5.92 Å². The third-order valence-electron chi connectivity index (χ3n) is 4.48. The highest BCUT2D eigenvalue weighted by atomic mass is 16.5. The zero-order chi connectivity index (χ0) is 16.0. The van der Waals surface area contributed by atoms with Crippen molar-refractivity contribution in [3.8, 4) is 5.75 Å². The number of methoxy groups -OCH3 is 1. The highest BCUT2D eigenvalue weighted by molar-refractivity contribution is 5.99. The number of carbonyl (C=O) groups is 1. The van der Waals surface area contributed by atoms with E-state index in [2.05, 4.69) is 22.3 Å². The van der Waals surface area contributed by atoms with Gasteiger partial charge in [0.2, 0.25) is 5.95 Å². The second kappa shape index (κ2) is 5.22. The molecule has 0 bridgehead atoms. The van der Waals surface area contributed by atoms with Gasteiger partial charge in [0.05, 0.1) is 7.11 Å². The minimum absolute atomic E-state index is 0.181. The first-order valence-corrected chi connectivity index (χ1v) is 7.74. The van der Waals surface area contributed by atoms with Crippen LogP contribution in [0.4, 0.5) is 5.95 Å². The van der Waals surface area contributed by atoms with Gasteiger partial charge in [-0.2, -0.15) is 10.1 Å². The number of hydrogen-bond acceptors (Lipinski definition) is 5. The van der Waals surface area contributed by atoms with E-state index in [-0.39, 0.29) is 11.8 Å². The Morgan fingerprint density at radius 2 is 2.22 bits per heavy atom. The summed E-state index contributed by atoms with van der Waals surface area (Å²) < 4.78 is 7.11. The minimum Gasteiger partial charge on any atom is -0.497 e. The molecule has 0 spiro atoms. The zero-order valence-electron chi connectivity index (χ0n) is 13.1. The number of fused-ring (bicyclic) bond motifs is 1. The smallest absolute Gasteiger partial charge is 0.226 e. The number of hydrogen-bond donors (Lipinski definition) is 1. The summed E-state index contributed by atoms with van der Waals surface area (Å²) in [5, 5.41) is 7.62. The molecule has 0 saturated heterocycles. The number of carbonyl (C=O) groups excluding carboxylic acids is 1. The van der Waals surface area contributed by atoms with E-state index in [0.29, 0.717) is 18.3 Å². The Hall–Kier alpha value is -2.63. The van der Waals surface area contributed by atoms with Gasteiger partial charge >= 0.3 is 0 Å². The molecule has 6 nitrogen and oxygen atoms in total. The molecule has 1 aromatic heterocycles. The summed E-state index contributed by atoms with van der Waals surface area (Å²) in [5.74, 6) is 1.97. The molecule has 2 heterocycles. The molecular formula is C17H18N4O2. The van der Waals surface area contributed by atoms with Gasteiger partial charge < -0.3 is 10.1 Å². The van der Waals surface area contributed by atoms with Crippen molar-refractivity contribution in [2.45, 2.75) is 25.8 Å². The lowest BCUT2D eigenvalue weighted by Crippen LogP contribution is -2.33. The van der Waals surface area contributed by atoms with Crippen LogP contribution < -0.4 is 10.1 Å². The highest BCUT2D eigenvalue weighted by Gasteiger charge is 2.37. The number of nitrogens with one attached hydrogen (secondary N) is 1. The van der Waals surface area contributed by atoms with Crippen molar-refractivity contribution in [1.29, 1.82) is 0 Å². The summed E-state index contributed by atoms with van der Waals surface area (Å²) in [6.45, 7) is 2.10. The predicted octanol–water partition coefficient (Wildman–Crippen LogP) is 2.55. The monoisotopic (exact) mass is 310 g/mol. The number of rotatable bonds is 2. The van der Waals surface area contributed by atoms with Crippen LogP contribution in [0.25, 0.3) is 0 Å². The second-order valence-electron chi connectivity index (χ2n) is 6.16. The number of Topliss-reactive ketones (excluding diaryl/α,β-unsaturated/α-hetero) is 1. The quantitative estimate of drug-likeness (QED) is 0.923. The molecule has 2 aromatic rings. The van der Waals surface area contributed by atoms with Crippen molar-refractivity contribution >= 4 is 11.7 Å². The summed E-state index contributed by atoms with van der Waals surface area (Å²) in [6.07, 6.45) is 2.95. The fourth-order valence-electron chi connectivity index (χ4n) is 3.47. The zero-order valence-corrected chi connectivity index (χ0v) is 13.1. The van der Waals surface area contributed by atoms with Crippen molar-refractivity contribution in [1.82, 2.24) is 14.8 Å². The summed E-state index contributed by atoms with van der Waals surface area (Å²) in [4.78, 5) is 17.0. The summed E-state index contributed by atoms with van der Waals surface area (Å²) in [7, 11) is 1.64. The second-order valence-corrected chi connectivity index (χ2v) is 6.16. The maximum atomic E-state index is 12.7. The van der Waals surface area contributed by atoms with Crippen LogP contribution in [-0.2, 0) is 4.79 Å². The first-order chi connectivity index (χ1) is 11.2. The van der Waals surface area contributed by atoms with Gasteiger partial charge in [0.25, 0.3) is 0 Å². The molecule has 2 aliphatic rings. The van der Waals surface area contributed by atoms with E-state index in [9.17, 15) is 4.79 Å². The van der Waals surface area contributed by atoms with Crippen LogP contribution >= 0.6 is 0 Å². The number of ketones is 1. The van der Waals surface area contributed by atoms with Gasteiger partial charge in [-0.25, -0.2) is 4.68 Å². The normalized spacial score (nSPS) is 23.1. The Kier molecular flexibility index (Phi) is 3.18. The Bertz CT molecular complexity index is 808. The molecule has 0 fully saturated rings. The van der Waals surface area contributed by atoms with Gasteiger partial charge in [0, 0.05) is 17.7 Å². The molecule has 1 N–H and O–H groups in total. The maximum absolute atomic E-state index is 12.7. The number of anilines is 1. The Morgan fingerprint density at radius 3 is 3.04 bits per heavy atom. The van der Waals surface area contributed by atoms with E-state index in [4.69, 9.17) is 4.74 Å². The molecule has 1 aliphatic heterocycles. The van der Waals surface area contributed by atoms with Gasteiger partial charge in [-0.1, -0.05) is 19.1 Å². The topological polar surface area (TPSA) is 69.0 Å². The molecule has 0 radical (unpaired) electrons. The van der Waals surface area contributed by atoms with Gasteiger partial charge in [0.1, 0.15) is 18.1 Å². The summed E-state index contributed by atoms with van der Waals surface area (Å²) >= 11 is 0. The van der Waals surface area contributed by atoms with E-state index in [1.165, 1.54) is 6.33 Å². The molecule has 0 amide bonds. The standard InChI is InChI=1S/C17H18N4O2/c1-10-6-13-15(14(22)7-10)16(21-17(20-13)18-9-19-21)11-4-3-5-12(8-11)23-2/h3-5,8-10,16H,6-7H2,1-2H3,(H,18,19,20). The van der Waals surface area contributed by atoms with Crippen LogP contribution in [0.15, 0.2) is 41.9 Å². The molecule has 1 aromatic carbocycles. The first-order valence-electron chi connectivity index (χ1n) is 7.74. The lowest BCUT2D eigenvalue weighted by atomic mass is 9.81. The van der Waals surface area contributed by atoms with Gasteiger partial charge in [-0.3, -0.25) is 4.79 Å². The van der Waals surface area contributed by atoms with Crippen LogP contribution in [0.1, 0.15) is 31.4 Å². The number of allylic oxidation sites excluding steroid dienone is 2. The van der Waals surface area contributed by atoms with Crippen LogP contribution in [0.3, 0.4) is 0 Å². The fourth-order valence-corrected chi connectivity index (χ4v) is 3.47. The largest absolute Gasteiger partial charge is 0.497 e. The SMILES string of the molecule is COc1cccc(C2C3=C(CC(C)CC3=O)Nc3ncnn32)c1. The van der Waals surface area contributed by atoms with E-state index >= 15 is 0 Å².